The minimum atomic E-state index is -0.683. The molecular weight excluding hydrogens is 216 g/mol. The van der Waals surface area contributed by atoms with Gasteiger partial charge in [-0.15, -0.1) is 0 Å². The van der Waals surface area contributed by atoms with Gasteiger partial charge in [0.2, 0.25) is 0 Å². The summed E-state index contributed by atoms with van der Waals surface area (Å²) in [5.74, 6) is -1.26. The lowest BCUT2D eigenvalue weighted by molar-refractivity contribution is -0.151. The fourth-order valence-electron chi connectivity index (χ4n) is 1.60. The molecule has 1 unspecified atom stereocenters. The van der Waals surface area contributed by atoms with Gasteiger partial charge in [0.1, 0.15) is 11.7 Å². The molecule has 0 bridgehead atoms. The normalized spacial score (nSPS) is 11.9. The fourth-order valence-corrected chi connectivity index (χ4v) is 1.60. The summed E-state index contributed by atoms with van der Waals surface area (Å²) < 4.78 is 4.90. The molecule has 0 aliphatic rings. The largest absolute Gasteiger partial charge is 0.465 e. The minimum Gasteiger partial charge on any atom is -0.465 e. The lowest BCUT2D eigenvalue weighted by Gasteiger charge is -2.12. The highest BCUT2D eigenvalue weighted by Gasteiger charge is 2.24. The van der Waals surface area contributed by atoms with Crippen molar-refractivity contribution in [1.82, 2.24) is 0 Å². The van der Waals surface area contributed by atoms with Gasteiger partial charge in [0, 0.05) is 0 Å². The number of hydrogen-bond acceptors (Lipinski definition) is 3. The third-order valence-corrected chi connectivity index (χ3v) is 2.62. The maximum Gasteiger partial charge on any atom is 0.316 e. The molecule has 1 aromatic rings. The highest BCUT2D eigenvalue weighted by atomic mass is 16.5. The van der Waals surface area contributed by atoms with Crippen LogP contribution in [-0.2, 0) is 20.7 Å². The summed E-state index contributed by atoms with van der Waals surface area (Å²) in [5, 5.41) is 0. The van der Waals surface area contributed by atoms with E-state index < -0.39 is 11.9 Å². The number of ether oxygens (including phenoxy) is 1. The van der Waals surface area contributed by atoms with Crippen LogP contribution in [0.4, 0.5) is 0 Å². The minimum absolute atomic E-state index is 0.149. The Labute approximate surface area is 102 Å². The second kappa shape index (κ2) is 6.18. The van der Waals surface area contributed by atoms with Crippen molar-refractivity contribution in [3.05, 3.63) is 35.4 Å². The van der Waals surface area contributed by atoms with Gasteiger partial charge in [-0.25, -0.2) is 0 Å². The summed E-state index contributed by atoms with van der Waals surface area (Å²) in [7, 11) is 0. The van der Waals surface area contributed by atoms with E-state index >= 15 is 0 Å². The molecule has 17 heavy (non-hydrogen) atoms. The highest BCUT2D eigenvalue weighted by molar-refractivity contribution is 5.97. The fraction of sp³-hybridized carbons (Fsp3) is 0.429. The summed E-state index contributed by atoms with van der Waals surface area (Å²) in [6.45, 7) is 5.46. The molecule has 1 aromatic carbocycles. The zero-order valence-electron chi connectivity index (χ0n) is 10.5. The summed E-state index contributed by atoms with van der Waals surface area (Å²) in [5.41, 5.74) is 2.13. The van der Waals surface area contributed by atoms with Crippen LogP contribution in [-0.4, -0.2) is 18.4 Å². The average Bonchev–Trinajstić information content (AvgIpc) is 2.28. The third kappa shape index (κ3) is 4.02. The van der Waals surface area contributed by atoms with Gasteiger partial charge >= 0.3 is 5.97 Å². The van der Waals surface area contributed by atoms with Crippen molar-refractivity contribution in [2.45, 2.75) is 27.2 Å². The van der Waals surface area contributed by atoms with Crippen molar-refractivity contribution < 1.29 is 14.3 Å². The molecule has 1 rings (SSSR count). The van der Waals surface area contributed by atoms with E-state index in [0.717, 1.165) is 11.1 Å². The number of hydrogen-bond donors (Lipinski definition) is 0. The van der Waals surface area contributed by atoms with Crippen molar-refractivity contribution >= 4 is 11.8 Å². The Morgan fingerprint density at radius 1 is 1.24 bits per heavy atom. The standard InChI is InChI=1S/C14H18O3/c1-4-17-14(16)13(11(3)15)9-12-7-5-10(2)6-8-12/h5-8,13H,4,9H2,1-3H3. The van der Waals surface area contributed by atoms with Crippen LogP contribution in [0.2, 0.25) is 0 Å². The van der Waals surface area contributed by atoms with E-state index in [4.69, 9.17) is 4.74 Å². The van der Waals surface area contributed by atoms with E-state index in [-0.39, 0.29) is 5.78 Å². The van der Waals surface area contributed by atoms with E-state index in [0.29, 0.717) is 13.0 Å². The van der Waals surface area contributed by atoms with Gasteiger partial charge in [0.05, 0.1) is 6.61 Å². The first-order chi connectivity index (χ1) is 8.04. The Kier molecular flexibility index (Phi) is 4.88. The number of carbonyl (C=O) groups excluding carboxylic acids is 2. The monoisotopic (exact) mass is 234 g/mol. The predicted octanol–water partition coefficient (Wildman–Crippen LogP) is 2.31. The number of Topliss-reactive ketones (excluding diaryl/α,β-unsaturated/α-hetero) is 1. The molecule has 92 valence electrons. The van der Waals surface area contributed by atoms with Crippen molar-refractivity contribution in [1.29, 1.82) is 0 Å². The second-order valence-corrected chi connectivity index (χ2v) is 4.11. The molecule has 3 nitrogen and oxygen atoms in total. The smallest absolute Gasteiger partial charge is 0.316 e. The van der Waals surface area contributed by atoms with Crippen LogP contribution in [0, 0.1) is 12.8 Å². The van der Waals surface area contributed by atoms with Crippen LogP contribution in [0.5, 0.6) is 0 Å². The Hall–Kier alpha value is -1.64. The quantitative estimate of drug-likeness (QED) is 0.580. The lowest BCUT2D eigenvalue weighted by Crippen LogP contribution is -2.26. The summed E-state index contributed by atoms with van der Waals surface area (Å²) in [6, 6.07) is 7.81. The molecule has 0 radical (unpaired) electrons. The van der Waals surface area contributed by atoms with Gasteiger partial charge < -0.3 is 4.74 Å². The molecule has 0 fully saturated rings. The number of rotatable bonds is 5. The number of esters is 1. The second-order valence-electron chi connectivity index (χ2n) is 4.11. The molecule has 0 aliphatic carbocycles. The first kappa shape index (κ1) is 13.4. The molecule has 0 saturated carbocycles. The van der Waals surface area contributed by atoms with Crippen LogP contribution in [0.1, 0.15) is 25.0 Å². The van der Waals surface area contributed by atoms with Gasteiger partial charge in [-0.1, -0.05) is 29.8 Å². The third-order valence-electron chi connectivity index (χ3n) is 2.62. The summed E-state index contributed by atoms with van der Waals surface area (Å²) >= 11 is 0. The van der Waals surface area contributed by atoms with Gasteiger partial charge in [0.25, 0.3) is 0 Å². The summed E-state index contributed by atoms with van der Waals surface area (Å²) in [6.07, 6.45) is 0.411. The first-order valence-electron chi connectivity index (χ1n) is 5.77. The molecule has 0 N–H and O–H groups in total. The van der Waals surface area contributed by atoms with Gasteiger partial charge in [0.15, 0.2) is 0 Å². The van der Waals surface area contributed by atoms with Crippen molar-refractivity contribution in [3.8, 4) is 0 Å². The Bertz CT molecular complexity index is 392. The van der Waals surface area contributed by atoms with Gasteiger partial charge in [-0.05, 0) is 32.8 Å². The van der Waals surface area contributed by atoms with Crippen LogP contribution in [0.3, 0.4) is 0 Å². The van der Waals surface area contributed by atoms with E-state index in [2.05, 4.69) is 0 Å². The molecule has 0 aromatic heterocycles. The Morgan fingerprint density at radius 3 is 2.29 bits per heavy atom. The molecule has 0 amide bonds. The van der Waals surface area contributed by atoms with Crippen molar-refractivity contribution in [2.75, 3.05) is 6.61 Å². The molecular formula is C14H18O3. The summed E-state index contributed by atoms with van der Waals surface area (Å²) in [4.78, 5) is 23.0. The number of carbonyl (C=O) groups is 2. The van der Waals surface area contributed by atoms with Gasteiger partial charge in [-0.2, -0.15) is 0 Å². The molecule has 0 heterocycles. The Balaban J connectivity index is 2.76. The van der Waals surface area contributed by atoms with Crippen molar-refractivity contribution in [3.63, 3.8) is 0 Å². The number of aryl methyl sites for hydroxylation is 1. The maximum absolute atomic E-state index is 11.6. The zero-order valence-corrected chi connectivity index (χ0v) is 10.5. The predicted molar refractivity (Wildman–Crippen MR) is 65.7 cm³/mol. The molecule has 1 atom stereocenters. The van der Waals surface area contributed by atoms with Crippen LogP contribution >= 0.6 is 0 Å². The van der Waals surface area contributed by atoms with E-state index in [1.807, 2.05) is 31.2 Å². The Morgan fingerprint density at radius 2 is 1.82 bits per heavy atom. The van der Waals surface area contributed by atoms with Crippen molar-refractivity contribution in [2.24, 2.45) is 5.92 Å². The molecule has 3 heteroatoms. The highest BCUT2D eigenvalue weighted by Crippen LogP contribution is 2.13. The lowest BCUT2D eigenvalue weighted by atomic mass is 9.95. The molecule has 0 aliphatic heterocycles. The topological polar surface area (TPSA) is 43.4 Å². The maximum atomic E-state index is 11.6. The van der Waals surface area contributed by atoms with E-state index in [9.17, 15) is 9.59 Å². The molecule has 0 saturated heterocycles. The molecule has 0 spiro atoms. The zero-order chi connectivity index (χ0) is 12.8. The average molecular weight is 234 g/mol. The SMILES string of the molecule is CCOC(=O)C(Cc1ccc(C)cc1)C(C)=O. The van der Waals surface area contributed by atoms with Crippen LogP contribution in [0.15, 0.2) is 24.3 Å². The van der Waals surface area contributed by atoms with Gasteiger partial charge in [-0.3, -0.25) is 9.59 Å². The first-order valence-corrected chi connectivity index (χ1v) is 5.77. The number of benzene rings is 1. The van der Waals surface area contributed by atoms with Crippen LogP contribution in [0.25, 0.3) is 0 Å². The number of ketones is 1. The van der Waals surface area contributed by atoms with Crippen LogP contribution < -0.4 is 0 Å². The van der Waals surface area contributed by atoms with E-state index in [1.54, 1.807) is 6.92 Å². The van der Waals surface area contributed by atoms with E-state index in [1.165, 1.54) is 6.92 Å².